The Labute approximate surface area is 196 Å². The molecule has 2 fully saturated rings. The van der Waals surface area contributed by atoms with Gasteiger partial charge >= 0.3 is 0 Å². The van der Waals surface area contributed by atoms with Crippen molar-refractivity contribution in [2.75, 3.05) is 38.3 Å². The van der Waals surface area contributed by atoms with Gasteiger partial charge < -0.3 is 14.5 Å². The van der Waals surface area contributed by atoms with Crippen LogP contribution in [0.25, 0.3) is 17.2 Å². The van der Waals surface area contributed by atoms with Crippen LogP contribution in [0.1, 0.15) is 55.3 Å². The molecule has 1 saturated carbocycles. The standard InChI is InChI=1S/C27H32N4O2/c1-4-23-14-21(9-10-29-23)24-15-22(17-28)26(16-25(24)20-7-8-20)30-11-12-31(19(2)18-30)27(32)6-5-13-33-3/h4,9-10,14-16,19-20H,1,5-8,11-13,18H2,2-3H3. The zero-order valence-corrected chi connectivity index (χ0v) is 19.6. The topological polar surface area (TPSA) is 69.5 Å². The lowest BCUT2D eigenvalue weighted by molar-refractivity contribution is -0.133. The number of pyridine rings is 1. The second kappa shape index (κ2) is 10.2. The van der Waals surface area contributed by atoms with Crippen molar-refractivity contribution >= 4 is 17.7 Å². The molecular formula is C27H32N4O2. The van der Waals surface area contributed by atoms with E-state index in [9.17, 15) is 10.1 Å². The number of nitriles is 1. The van der Waals surface area contributed by atoms with Crippen molar-refractivity contribution in [3.05, 3.63) is 53.9 Å². The maximum Gasteiger partial charge on any atom is 0.223 e. The van der Waals surface area contributed by atoms with Gasteiger partial charge in [-0.1, -0.05) is 6.58 Å². The summed E-state index contributed by atoms with van der Waals surface area (Å²) < 4.78 is 5.08. The summed E-state index contributed by atoms with van der Waals surface area (Å²) in [7, 11) is 1.66. The molecule has 172 valence electrons. The molecule has 1 aliphatic carbocycles. The Morgan fingerprint density at radius 3 is 2.82 bits per heavy atom. The molecule has 4 rings (SSSR count). The molecule has 0 bridgehead atoms. The molecule has 0 spiro atoms. The van der Waals surface area contributed by atoms with Crippen LogP contribution in [0, 0.1) is 11.3 Å². The van der Waals surface area contributed by atoms with E-state index in [-0.39, 0.29) is 11.9 Å². The molecule has 1 aromatic heterocycles. The summed E-state index contributed by atoms with van der Waals surface area (Å²) in [5.41, 5.74) is 5.98. The molecule has 1 saturated heterocycles. The molecule has 1 aromatic carbocycles. The van der Waals surface area contributed by atoms with E-state index in [0.717, 1.165) is 42.0 Å². The monoisotopic (exact) mass is 444 g/mol. The van der Waals surface area contributed by atoms with Crippen LogP contribution in [0.4, 0.5) is 5.69 Å². The van der Waals surface area contributed by atoms with E-state index in [1.807, 2.05) is 23.1 Å². The van der Waals surface area contributed by atoms with Crippen LogP contribution in [0.15, 0.2) is 37.0 Å². The Kier molecular flexibility index (Phi) is 7.10. The Hall–Kier alpha value is -3.17. The number of hydrogen-bond donors (Lipinski definition) is 0. The molecule has 0 N–H and O–H groups in total. The van der Waals surface area contributed by atoms with Crippen molar-refractivity contribution in [3.8, 4) is 17.2 Å². The first-order chi connectivity index (χ1) is 16.0. The zero-order chi connectivity index (χ0) is 23.4. The van der Waals surface area contributed by atoms with Crippen LogP contribution in [-0.4, -0.2) is 55.2 Å². The largest absolute Gasteiger partial charge is 0.385 e. The first kappa shape index (κ1) is 23.0. The number of nitrogens with zero attached hydrogens (tertiary/aromatic N) is 4. The highest BCUT2D eigenvalue weighted by atomic mass is 16.5. The van der Waals surface area contributed by atoms with Crippen molar-refractivity contribution in [2.24, 2.45) is 0 Å². The molecule has 1 unspecified atom stereocenters. The zero-order valence-electron chi connectivity index (χ0n) is 19.6. The number of piperazine rings is 1. The van der Waals surface area contributed by atoms with Crippen LogP contribution in [0.2, 0.25) is 0 Å². The molecule has 2 aliphatic rings. The quantitative estimate of drug-likeness (QED) is 0.557. The summed E-state index contributed by atoms with van der Waals surface area (Å²) in [5.74, 6) is 0.720. The Morgan fingerprint density at radius 2 is 2.15 bits per heavy atom. The third-order valence-electron chi connectivity index (χ3n) is 6.63. The minimum Gasteiger partial charge on any atom is -0.385 e. The Balaban J connectivity index is 1.60. The van der Waals surface area contributed by atoms with Crippen LogP contribution < -0.4 is 4.90 Å². The van der Waals surface area contributed by atoms with Crippen molar-refractivity contribution in [2.45, 2.75) is 44.6 Å². The fraction of sp³-hybridized carbons (Fsp3) is 0.444. The number of methoxy groups -OCH3 is 1. The second-order valence-corrected chi connectivity index (χ2v) is 8.99. The van der Waals surface area contributed by atoms with Gasteiger partial charge in [0.15, 0.2) is 0 Å². The number of hydrogen-bond acceptors (Lipinski definition) is 5. The van der Waals surface area contributed by atoms with E-state index in [0.29, 0.717) is 31.1 Å². The van der Waals surface area contributed by atoms with E-state index in [2.05, 4.69) is 35.5 Å². The molecule has 1 aliphatic heterocycles. The number of aromatic nitrogens is 1. The molecule has 0 radical (unpaired) electrons. The summed E-state index contributed by atoms with van der Waals surface area (Å²) in [6.07, 6.45) is 7.16. The number of carbonyl (C=O) groups is 1. The number of ether oxygens (including phenoxy) is 1. The molecule has 6 heteroatoms. The Morgan fingerprint density at radius 1 is 1.33 bits per heavy atom. The van der Waals surface area contributed by atoms with Gasteiger partial charge in [0.05, 0.1) is 16.9 Å². The maximum atomic E-state index is 12.6. The highest BCUT2D eigenvalue weighted by molar-refractivity contribution is 5.78. The van der Waals surface area contributed by atoms with Crippen molar-refractivity contribution in [1.29, 1.82) is 5.26 Å². The fourth-order valence-electron chi connectivity index (χ4n) is 4.72. The molecule has 1 amide bonds. The first-order valence-electron chi connectivity index (χ1n) is 11.8. The third kappa shape index (κ3) is 5.09. The van der Waals surface area contributed by atoms with Gasteiger partial charge in [-0.25, -0.2) is 0 Å². The van der Waals surface area contributed by atoms with E-state index in [4.69, 9.17) is 4.74 Å². The molecule has 6 nitrogen and oxygen atoms in total. The predicted molar refractivity (Wildman–Crippen MR) is 131 cm³/mol. The van der Waals surface area contributed by atoms with E-state index >= 15 is 0 Å². The molecule has 1 atom stereocenters. The average Bonchev–Trinajstić information content (AvgIpc) is 3.68. The van der Waals surface area contributed by atoms with Gasteiger partial charge in [-0.05, 0) is 79.1 Å². The SMILES string of the molecule is C=Cc1cc(-c2cc(C#N)c(N3CCN(C(=O)CCCOC)C(C)C3)cc2C2CC2)ccn1. The predicted octanol–water partition coefficient (Wildman–Crippen LogP) is 4.60. The fourth-order valence-corrected chi connectivity index (χ4v) is 4.72. The number of anilines is 1. The van der Waals surface area contributed by atoms with Gasteiger partial charge in [-0.15, -0.1) is 0 Å². The smallest absolute Gasteiger partial charge is 0.223 e. The summed E-state index contributed by atoms with van der Waals surface area (Å²) >= 11 is 0. The number of rotatable bonds is 8. The van der Waals surface area contributed by atoms with E-state index < -0.39 is 0 Å². The van der Waals surface area contributed by atoms with E-state index in [1.54, 1.807) is 19.4 Å². The maximum absolute atomic E-state index is 12.6. The summed E-state index contributed by atoms with van der Waals surface area (Å²) in [6.45, 7) is 8.66. The van der Waals surface area contributed by atoms with Gasteiger partial charge in [-0.2, -0.15) is 5.26 Å². The number of benzene rings is 1. The van der Waals surface area contributed by atoms with Crippen molar-refractivity contribution in [3.63, 3.8) is 0 Å². The van der Waals surface area contributed by atoms with E-state index in [1.165, 1.54) is 18.4 Å². The molecule has 33 heavy (non-hydrogen) atoms. The summed E-state index contributed by atoms with van der Waals surface area (Å²) in [6, 6.07) is 10.8. The highest BCUT2D eigenvalue weighted by Gasteiger charge is 2.31. The van der Waals surface area contributed by atoms with Gasteiger partial charge in [0, 0.05) is 52.0 Å². The van der Waals surface area contributed by atoms with Crippen LogP contribution >= 0.6 is 0 Å². The second-order valence-electron chi connectivity index (χ2n) is 8.99. The molecular weight excluding hydrogens is 412 g/mol. The highest BCUT2D eigenvalue weighted by Crippen LogP contribution is 2.46. The normalized spacial score (nSPS) is 18.2. The molecule has 2 heterocycles. The minimum absolute atomic E-state index is 0.0970. The summed E-state index contributed by atoms with van der Waals surface area (Å²) in [5, 5.41) is 10.0. The van der Waals surface area contributed by atoms with Crippen LogP contribution in [0.5, 0.6) is 0 Å². The van der Waals surface area contributed by atoms with Crippen LogP contribution in [-0.2, 0) is 9.53 Å². The average molecular weight is 445 g/mol. The minimum atomic E-state index is 0.0970. The number of amides is 1. The van der Waals surface area contributed by atoms with Gasteiger partial charge in [-0.3, -0.25) is 9.78 Å². The van der Waals surface area contributed by atoms with Gasteiger partial charge in [0.25, 0.3) is 0 Å². The lowest BCUT2D eigenvalue weighted by Gasteiger charge is -2.41. The first-order valence-corrected chi connectivity index (χ1v) is 11.8. The summed E-state index contributed by atoms with van der Waals surface area (Å²) in [4.78, 5) is 21.2. The van der Waals surface area contributed by atoms with Gasteiger partial charge in [0.2, 0.25) is 5.91 Å². The lowest BCUT2D eigenvalue weighted by Crippen LogP contribution is -2.54. The number of carbonyl (C=O) groups excluding carboxylic acids is 1. The van der Waals surface area contributed by atoms with Gasteiger partial charge in [0.1, 0.15) is 6.07 Å². The third-order valence-corrected chi connectivity index (χ3v) is 6.63. The van der Waals surface area contributed by atoms with Crippen molar-refractivity contribution < 1.29 is 9.53 Å². The lowest BCUT2D eigenvalue weighted by atomic mass is 9.93. The molecule has 2 aromatic rings. The van der Waals surface area contributed by atoms with Crippen molar-refractivity contribution in [1.82, 2.24) is 9.88 Å². The van der Waals surface area contributed by atoms with Crippen LogP contribution in [0.3, 0.4) is 0 Å². The Bertz CT molecular complexity index is 1070.